The van der Waals surface area contributed by atoms with Gasteiger partial charge in [-0.15, -0.1) is 10.2 Å². The number of halogens is 2. The number of benzene rings is 2. The summed E-state index contributed by atoms with van der Waals surface area (Å²) in [5.41, 5.74) is 4.52. The van der Waals surface area contributed by atoms with Gasteiger partial charge >= 0.3 is 0 Å². The molecule has 9 heteroatoms. The van der Waals surface area contributed by atoms with Crippen LogP contribution in [-0.4, -0.2) is 32.2 Å². The van der Waals surface area contributed by atoms with E-state index in [1.165, 1.54) is 12.4 Å². The van der Waals surface area contributed by atoms with Crippen molar-refractivity contribution in [2.75, 3.05) is 4.90 Å². The average molecular weight is 480 g/mol. The van der Waals surface area contributed by atoms with E-state index < -0.39 is 5.92 Å². The first-order chi connectivity index (χ1) is 15.9. The summed E-state index contributed by atoms with van der Waals surface area (Å²) in [7, 11) is 0. The summed E-state index contributed by atoms with van der Waals surface area (Å²) in [6.45, 7) is 4.56. The zero-order valence-electron chi connectivity index (χ0n) is 17.9. The second-order valence-corrected chi connectivity index (χ2v) is 8.90. The molecule has 0 saturated heterocycles. The molecule has 0 aliphatic carbocycles. The summed E-state index contributed by atoms with van der Waals surface area (Å²) in [5, 5.41) is 16.8. The van der Waals surface area contributed by atoms with Gasteiger partial charge in [-0.3, -0.25) is 4.79 Å². The van der Waals surface area contributed by atoms with E-state index in [0.29, 0.717) is 22.2 Å². The lowest BCUT2D eigenvalue weighted by Crippen LogP contribution is -2.34. The van der Waals surface area contributed by atoms with Gasteiger partial charge < -0.3 is 9.32 Å². The van der Waals surface area contributed by atoms with E-state index >= 15 is 0 Å². The Morgan fingerprint density at radius 2 is 1.94 bits per heavy atom. The minimum atomic E-state index is -0.463. The Morgan fingerprint density at radius 3 is 2.70 bits per heavy atom. The predicted octanol–water partition coefficient (Wildman–Crippen LogP) is 5.52. The predicted molar refractivity (Wildman–Crippen MR) is 126 cm³/mol. The molecular weight excluding hydrogens is 461 g/mol. The van der Waals surface area contributed by atoms with Crippen molar-refractivity contribution in [2.45, 2.75) is 32.4 Å². The molecule has 0 radical (unpaired) electrons. The molecule has 2 atom stereocenters. The van der Waals surface area contributed by atoms with Crippen LogP contribution >= 0.6 is 23.2 Å². The topological polar surface area (TPSA) is 85.0 Å². The first-order valence-corrected chi connectivity index (χ1v) is 11.1. The molecular formula is C24H19Cl2N5O2. The molecule has 7 nitrogen and oxygen atoms in total. The van der Waals surface area contributed by atoms with Gasteiger partial charge in [0.1, 0.15) is 0 Å². The number of nitrogens with zero attached hydrogens (tertiary/aromatic N) is 5. The van der Waals surface area contributed by atoms with Crippen molar-refractivity contribution in [1.29, 1.82) is 0 Å². The summed E-state index contributed by atoms with van der Waals surface area (Å²) in [5.74, 6) is -0.486. The first-order valence-electron chi connectivity index (χ1n) is 10.4. The molecule has 5 rings (SSSR count). The van der Waals surface area contributed by atoms with E-state index in [1.807, 2.05) is 44.2 Å². The van der Waals surface area contributed by atoms with Crippen LogP contribution in [0.2, 0.25) is 10.0 Å². The summed E-state index contributed by atoms with van der Waals surface area (Å²) < 4.78 is 5.73. The van der Waals surface area contributed by atoms with E-state index in [-0.39, 0.29) is 23.6 Å². The van der Waals surface area contributed by atoms with E-state index in [2.05, 4.69) is 25.3 Å². The molecule has 1 aliphatic heterocycles. The van der Waals surface area contributed by atoms with Crippen LogP contribution in [0.4, 0.5) is 5.69 Å². The summed E-state index contributed by atoms with van der Waals surface area (Å²) >= 11 is 12.5. The molecule has 4 aromatic rings. The molecule has 0 saturated carbocycles. The Morgan fingerprint density at radius 1 is 1.09 bits per heavy atom. The van der Waals surface area contributed by atoms with Gasteiger partial charge in [-0.05, 0) is 49.2 Å². The molecule has 2 unspecified atom stereocenters. The number of hydrogen-bond donors (Lipinski definition) is 0. The van der Waals surface area contributed by atoms with Gasteiger partial charge in [0.2, 0.25) is 11.7 Å². The molecule has 0 bridgehead atoms. The Balaban J connectivity index is 1.50. The van der Waals surface area contributed by atoms with Crippen LogP contribution in [0.15, 0.2) is 59.3 Å². The quantitative estimate of drug-likeness (QED) is 0.348. The van der Waals surface area contributed by atoms with Crippen molar-refractivity contribution in [3.05, 3.63) is 87.5 Å². The standard InChI is InChI=1S/C24H19Cl2N5O2/c1-13-3-6-20-18(9-13)21(14(2)31(20)12-16-4-5-17(25)10-19(16)26)22(32)24-30-29-23(33-24)15-7-8-27-28-11-15/h3-11,14,21H,12H2,1-2H3. The maximum atomic E-state index is 13.6. The highest BCUT2D eigenvalue weighted by atomic mass is 35.5. The molecule has 0 spiro atoms. The number of ketones is 1. The normalized spacial score (nSPS) is 17.3. The molecule has 0 fully saturated rings. The number of carbonyl (C=O) groups is 1. The highest BCUT2D eigenvalue weighted by Crippen LogP contribution is 2.44. The minimum Gasteiger partial charge on any atom is -0.413 e. The van der Waals surface area contributed by atoms with Crippen LogP contribution in [0.1, 0.15) is 40.2 Å². The van der Waals surface area contributed by atoms with Gasteiger partial charge in [0.05, 0.1) is 23.9 Å². The monoisotopic (exact) mass is 479 g/mol. The van der Waals surface area contributed by atoms with Crippen molar-refractivity contribution in [1.82, 2.24) is 20.4 Å². The fourth-order valence-corrected chi connectivity index (χ4v) is 4.72. The molecule has 2 aromatic heterocycles. The molecule has 3 heterocycles. The number of anilines is 1. The highest BCUT2D eigenvalue weighted by Gasteiger charge is 2.42. The summed E-state index contributed by atoms with van der Waals surface area (Å²) in [4.78, 5) is 15.8. The van der Waals surface area contributed by atoms with Gasteiger partial charge in [-0.1, -0.05) is 47.0 Å². The van der Waals surface area contributed by atoms with Crippen molar-refractivity contribution in [3.8, 4) is 11.5 Å². The highest BCUT2D eigenvalue weighted by molar-refractivity contribution is 6.35. The summed E-state index contributed by atoms with van der Waals surface area (Å²) in [6, 6.07) is 13.1. The van der Waals surface area contributed by atoms with E-state index in [4.69, 9.17) is 27.6 Å². The van der Waals surface area contributed by atoms with Gasteiger partial charge in [-0.2, -0.15) is 10.2 Å². The number of fused-ring (bicyclic) bond motifs is 1. The van der Waals surface area contributed by atoms with E-state index in [1.54, 1.807) is 12.1 Å². The molecule has 33 heavy (non-hydrogen) atoms. The average Bonchev–Trinajstić information content (AvgIpc) is 3.39. The number of hydrogen-bond acceptors (Lipinski definition) is 7. The molecule has 166 valence electrons. The van der Waals surface area contributed by atoms with E-state index in [0.717, 1.165) is 22.4 Å². The van der Waals surface area contributed by atoms with Crippen LogP contribution in [0.5, 0.6) is 0 Å². The van der Waals surface area contributed by atoms with Crippen LogP contribution in [0.3, 0.4) is 0 Å². The molecule has 0 N–H and O–H groups in total. The Kier molecular flexibility index (Phi) is 5.60. The lowest BCUT2D eigenvalue weighted by atomic mass is 9.90. The fourth-order valence-electron chi connectivity index (χ4n) is 4.26. The van der Waals surface area contributed by atoms with E-state index in [9.17, 15) is 4.79 Å². The van der Waals surface area contributed by atoms with Gasteiger partial charge in [0.25, 0.3) is 5.89 Å². The Hall–Kier alpha value is -3.29. The first kappa shape index (κ1) is 21.6. The third kappa shape index (κ3) is 3.98. The maximum Gasteiger partial charge on any atom is 0.285 e. The maximum absolute atomic E-state index is 13.6. The van der Waals surface area contributed by atoms with Crippen molar-refractivity contribution >= 4 is 34.7 Å². The van der Waals surface area contributed by atoms with Crippen molar-refractivity contribution < 1.29 is 9.21 Å². The third-order valence-electron chi connectivity index (χ3n) is 5.91. The number of aromatic nitrogens is 4. The second kappa shape index (κ2) is 8.57. The molecule has 0 amide bonds. The van der Waals surface area contributed by atoms with Crippen molar-refractivity contribution in [2.24, 2.45) is 0 Å². The van der Waals surface area contributed by atoms with Crippen LogP contribution in [0.25, 0.3) is 11.5 Å². The van der Waals surface area contributed by atoms with Crippen LogP contribution in [-0.2, 0) is 6.54 Å². The van der Waals surface area contributed by atoms with Gasteiger partial charge in [0, 0.05) is 28.3 Å². The second-order valence-electron chi connectivity index (χ2n) is 8.05. The minimum absolute atomic E-state index is 0.0301. The number of carbonyl (C=O) groups excluding carboxylic acids is 1. The number of rotatable bonds is 5. The van der Waals surface area contributed by atoms with Crippen LogP contribution < -0.4 is 4.90 Å². The number of aryl methyl sites for hydroxylation is 1. The smallest absolute Gasteiger partial charge is 0.285 e. The zero-order valence-corrected chi connectivity index (χ0v) is 19.4. The Bertz CT molecular complexity index is 1340. The molecule has 2 aromatic carbocycles. The fraction of sp³-hybridized carbons (Fsp3) is 0.208. The Labute approximate surface area is 200 Å². The lowest BCUT2D eigenvalue weighted by Gasteiger charge is -2.27. The molecule has 1 aliphatic rings. The van der Waals surface area contributed by atoms with Gasteiger partial charge in [0.15, 0.2) is 0 Å². The van der Waals surface area contributed by atoms with Crippen molar-refractivity contribution in [3.63, 3.8) is 0 Å². The number of Topliss-reactive ketones (excluding diaryl/α,β-unsaturated/α-hetero) is 1. The van der Waals surface area contributed by atoms with Crippen LogP contribution in [0, 0.1) is 6.92 Å². The largest absolute Gasteiger partial charge is 0.413 e. The SMILES string of the molecule is Cc1ccc2c(c1)C(C(=O)c1nnc(-c3ccnnc3)o1)C(C)N2Cc1ccc(Cl)cc1Cl. The van der Waals surface area contributed by atoms with Gasteiger partial charge in [-0.25, -0.2) is 0 Å². The zero-order chi connectivity index (χ0) is 23.1. The third-order valence-corrected chi connectivity index (χ3v) is 6.49. The lowest BCUT2D eigenvalue weighted by molar-refractivity contribution is 0.0919. The summed E-state index contributed by atoms with van der Waals surface area (Å²) in [6.07, 6.45) is 3.04.